The molecule has 0 unspecified atom stereocenters. The lowest BCUT2D eigenvalue weighted by atomic mass is 10.2. The van der Waals surface area contributed by atoms with Crippen LogP contribution in [0, 0.1) is 0 Å². The fourth-order valence-corrected chi connectivity index (χ4v) is 0.830. The van der Waals surface area contributed by atoms with Gasteiger partial charge in [0.2, 0.25) is 0 Å². The Labute approximate surface area is 83.5 Å². The largest absolute Gasteiger partial charge is 0.465 e. The van der Waals surface area contributed by atoms with Gasteiger partial charge in [0, 0.05) is 5.02 Å². The summed E-state index contributed by atoms with van der Waals surface area (Å²) in [5.41, 5.74) is 0.511. The Morgan fingerprint density at radius 1 is 1.23 bits per heavy atom. The van der Waals surface area contributed by atoms with Crippen molar-refractivity contribution >= 4 is 17.6 Å². The number of halogens is 1. The highest BCUT2D eigenvalue weighted by molar-refractivity contribution is 6.30. The summed E-state index contributed by atoms with van der Waals surface area (Å²) in [5.74, 6) is -0.346. The minimum Gasteiger partial charge on any atom is -0.465 e. The van der Waals surface area contributed by atoms with Gasteiger partial charge in [-0.05, 0) is 24.3 Å². The van der Waals surface area contributed by atoms with Gasteiger partial charge < -0.3 is 4.74 Å². The SMILES string of the molecule is CC.COC(=O)c1ccc(Cl)cc1. The molecule has 0 fully saturated rings. The monoisotopic (exact) mass is 200 g/mol. The Bertz CT molecular complexity index is 254. The summed E-state index contributed by atoms with van der Waals surface area (Å²) in [6, 6.07) is 6.53. The lowest BCUT2D eigenvalue weighted by Crippen LogP contribution is -1.99. The molecule has 0 aliphatic rings. The second kappa shape index (κ2) is 6.49. The molecule has 0 saturated heterocycles. The van der Waals surface area contributed by atoms with Gasteiger partial charge >= 0.3 is 5.97 Å². The molecule has 1 aromatic rings. The van der Waals surface area contributed by atoms with Crippen LogP contribution in [0.25, 0.3) is 0 Å². The van der Waals surface area contributed by atoms with Crippen LogP contribution in [0.5, 0.6) is 0 Å². The number of rotatable bonds is 1. The Morgan fingerprint density at radius 2 is 1.69 bits per heavy atom. The maximum atomic E-state index is 10.9. The first-order chi connectivity index (χ1) is 6.24. The lowest BCUT2D eigenvalue weighted by Gasteiger charge is -1.97. The maximum Gasteiger partial charge on any atom is 0.337 e. The number of hydrogen-bond acceptors (Lipinski definition) is 2. The van der Waals surface area contributed by atoms with Crippen molar-refractivity contribution in [1.82, 2.24) is 0 Å². The number of esters is 1. The maximum absolute atomic E-state index is 10.9. The summed E-state index contributed by atoms with van der Waals surface area (Å²) in [6.07, 6.45) is 0. The molecule has 0 aliphatic heterocycles. The molecule has 0 spiro atoms. The number of hydrogen-bond donors (Lipinski definition) is 0. The van der Waals surface area contributed by atoms with Crippen molar-refractivity contribution in [1.29, 1.82) is 0 Å². The Morgan fingerprint density at radius 3 is 2.08 bits per heavy atom. The molecule has 0 N–H and O–H groups in total. The third-order valence-corrected chi connectivity index (χ3v) is 1.52. The predicted octanol–water partition coefficient (Wildman–Crippen LogP) is 3.15. The third-order valence-electron chi connectivity index (χ3n) is 1.27. The van der Waals surface area contributed by atoms with Gasteiger partial charge in [-0.1, -0.05) is 25.4 Å². The molecule has 0 bridgehead atoms. The van der Waals surface area contributed by atoms with E-state index in [0.717, 1.165) is 0 Å². The molecule has 2 nitrogen and oxygen atoms in total. The van der Waals surface area contributed by atoms with Crippen LogP contribution in [0.1, 0.15) is 24.2 Å². The molecule has 0 amide bonds. The number of methoxy groups -OCH3 is 1. The number of carbonyl (C=O) groups is 1. The lowest BCUT2D eigenvalue weighted by molar-refractivity contribution is 0.0601. The van der Waals surface area contributed by atoms with E-state index in [2.05, 4.69) is 4.74 Å². The summed E-state index contributed by atoms with van der Waals surface area (Å²) in [7, 11) is 1.34. The molecule has 0 heterocycles. The van der Waals surface area contributed by atoms with Gasteiger partial charge in [-0.15, -0.1) is 0 Å². The summed E-state index contributed by atoms with van der Waals surface area (Å²) in [6.45, 7) is 4.00. The van der Waals surface area contributed by atoms with E-state index in [0.29, 0.717) is 10.6 Å². The van der Waals surface area contributed by atoms with Gasteiger partial charge in [0.1, 0.15) is 0 Å². The highest BCUT2D eigenvalue weighted by atomic mass is 35.5. The van der Waals surface area contributed by atoms with Gasteiger partial charge in [-0.3, -0.25) is 0 Å². The van der Waals surface area contributed by atoms with E-state index in [1.165, 1.54) is 7.11 Å². The average Bonchev–Trinajstić information content (AvgIpc) is 2.21. The number of ether oxygens (including phenoxy) is 1. The summed E-state index contributed by atoms with van der Waals surface area (Å²) < 4.78 is 4.49. The molecule has 0 aliphatic carbocycles. The quantitative estimate of drug-likeness (QED) is 0.651. The number of carbonyl (C=O) groups excluding carboxylic acids is 1. The summed E-state index contributed by atoms with van der Waals surface area (Å²) in [5, 5.41) is 0.609. The predicted molar refractivity (Wildman–Crippen MR) is 54.1 cm³/mol. The molecule has 72 valence electrons. The van der Waals surface area contributed by atoms with Gasteiger partial charge in [-0.25, -0.2) is 4.79 Å². The molecule has 13 heavy (non-hydrogen) atoms. The molecule has 0 atom stereocenters. The van der Waals surface area contributed by atoms with Crippen LogP contribution in [0.15, 0.2) is 24.3 Å². The molecule has 1 aromatic carbocycles. The third kappa shape index (κ3) is 3.95. The van der Waals surface area contributed by atoms with Gasteiger partial charge in [0.25, 0.3) is 0 Å². The van der Waals surface area contributed by atoms with Crippen molar-refractivity contribution in [3.05, 3.63) is 34.9 Å². The van der Waals surface area contributed by atoms with Crippen molar-refractivity contribution < 1.29 is 9.53 Å². The zero-order valence-electron chi connectivity index (χ0n) is 8.00. The fraction of sp³-hybridized carbons (Fsp3) is 0.300. The van der Waals surface area contributed by atoms with Crippen LogP contribution in [-0.2, 0) is 4.74 Å². The Kier molecular flexibility index (Phi) is 5.98. The molecule has 1 rings (SSSR count). The molecule has 0 saturated carbocycles. The van der Waals surface area contributed by atoms with E-state index in [-0.39, 0.29) is 5.97 Å². The van der Waals surface area contributed by atoms with Crippen LogP contribution < -0.4 is 0 Å². The second-order valence-corrected chi connectivity index (χ2v) is 2.43. The zero-order chi connectivity index (χ0) is 10.3. The van der Waals surface area contributed by atoms with Gasteiger partial charge in [-0.2, -0.15) is 0 Å². The first-order valence-electron chi connectivity index (χ1n) is 4.08. The van der Waals surface area contributed by atoms with E-state index in [9.17, 15) is 4.79 Å². The van der Waals surface area contributed by atoms with E-state index in [1.54, 1.807) is 24.3 Å². The van der Waals surface area contributed by atoms with E-state index >= 15 is 0 Å². The highest BCUT2D eigenvalue weighted by Crippen LogP contribution is 2.09. The second-order valence-electron chi connectivity index (χ2n) is 2.00. The molecule has 3 heteroatoms. The van der Waals surface area contributed by atoms with Crippen LogP contribution in [0.2, 0.25) is 5.02 Å². The van der Waals surface area contributed by atoms with Crippen molar-refractivity contribution in [3.8, 4) is 0 Å². The zero-order valence-corrected chi connectivity index (χ0v) is 8.76. The van der Waals surface area contributed by atoms with E-state index in [1.807, 2.05) is 13.8 Å². The van der Waals surface area contributed by atoms with Crippen molar-refractivity contribution in [3.63, 3.8) is 0 Å². The molecule has 0 radical (unpaired) electrons. The summed E-state index contributed by atoms with van der Waals surface area (Å²) >= 11 is 5.61. The first-order valence-corrected chi connectivity index (χ1v) is 4.45. The van der Waals surface area contributed by atoms with Crippen molar-refractivity contribution in [2.45, 2.75) is 13.8 Å². The fourth-order valence-electron chi connectivity index (χ4n) is 0.704. The standard InChI is InChI=1S/C8H7ClO2.C2H6/c1-11-8(10)6-2-4-7(9)5-3-6;1-2/h2-5H,1H3;1-2H3. The van der Waals surface area contributed by atoms with E-state index in [4.69, 9.17) is 11.6 Å². The molecule has 0 aromatic heterocycles. The van der Waals surface area contributed by atoms with Crippen LogP contribution in [0.4, 0.5) is 0 Å². The minimum atomic E-state index is -0.346. The minimum absolute atomic E-state index is 0.346. The van der Waals surface area contributed by atoms with Crippen LogP contribution >= 0.6 is 11.6 Å². The van der Waals surface area contributed by atoms with Crippen molar-refractivity contribution in [2.24, 2.45) is 0 Å². The molecular weight excluding hydrogens is 188 g/mol. The highest BCUT2D eigenvalue weighted by Gasteiger charge is 2.02. The molecular formula is C10H13ClO2. The Hall–Kier alpha value is -1.02. The van der Waals surface area contributed by atoms with Gasteiger partial charge in [0.05, 0.1) is 12.7 Å². The van der Waals surface area contributed by atoms with Crippen molar-refractivity contribution in [2.75, 3.05) is 7.11 Å². The topological polar surface area (TPSA) is 26.3 Å². The Balaban J connectivity index is 0.000000671. The van der Waals surface area contributed by atoms with Crippen LogP contribution in [-0.4, -0.2) is 13.1 Å². The number of benzene rings is 1. The average molecular weight is 201 g/mol. The first kappa shape index (κ1) is 12.0. The smallest absolute Gasteiger partial charge is 0.337 e. The van der Waals surface area contributed by atoms with Crippen LogP contribution in [0.3, 0.4) is 0 Å². The van der Waals surface area contributed by atoms with E-state index < -0.39 is 0 Å². The van der Waals surface area contributed by atoms with Gasteiger partial charge in [0.15, 0.2) is 0 Å². The normalized spacial score (nSPS) is 8.31. The summed E-state index contributed by atoms with van der Waals surface area (Å²) in [4.78, 5) is 10.9.